The smallest absolute Gasteiger partial charge is 0.301 e. The van der Waals surface area contributed by atoms with Gasteiger partial charge in [0.15, 0.2) is 5.13 Å². The number of hydrogen-bond acceptors (Lipinski definition) is 9. The molecule has 0 bridgehead atoms. The zero-order valence-corrected chi connectivity index (χ0v) is 22.8. The van der Waals surface area contributed by atoms with E-state index < -0.39 is 32.5 Å². The lowest BCUT2D eigenvalue weighted by molar-refractivity contribution is -0.384. The SMILES string of the molecule is Cc1ccc(/C(O)=C2\C(=O)C(=O)N(c3ncc(S(=O)(=O)c4ccc([N+](=O)[O-])cc4)s3)C2c2ccc(C)cc2)cc1. The molecule has 2 heterocycles. The molecule has 3 aromatic carbocycles. The number of thiazole rings is 1. The van der Waals surface area contributed by atoms with Gasteiger partial charge in [0.05, 0.1) is 27.6 Å². The number of amides is 1. The fourth-order valence-corrected chi connectivity index (χ4v) is 6.86. The highest BCUT2D eigenvalue weighted by atomic mass is 32.2. The largest absolute Gasteiger partial charge is 0.507 e. The maximum Gasteiger partial charge on any atom is 0.301 e. The van der Waals surface area contributed by atoms with Gasteiger partial charge >= 0.3 is 5.91 Å². The molecule has 1 N–H and O–H groups in total. The van der Waals surface area contributed by atoms with E-state index in [1.165, 1.54) is 0 Å². The number of hydrogen-bond donors (Lipinski definition) is 1. The molecular formula is C28H21N3O7S2. The van der Waals surface area contributed by atoms with Crippen molar-refractivity contribution in [2.45, 2.75) is 29.0 Å². The van der Waals surface area contributed by atoms with Crippen molar-refractivity contribution in [3.05, 3.63) is 117 Å². The van der Waals surface area contributed by atoms with E-state index in [-0.39, 0.29) is 31.3 Å². The second-order valence-corrected chi connectivity index (χ2v) is 12.3. The molecule has 10 nitrogen and oxygen atoms in total. The van der Waals surface area contributed by atoms with E-state index in [1.807, 2.05) is 13.8 Å². The summed E-state index contributed by atoms with van der Waals surface area (Å²) < 4.78 is 26.3. The third-order valence-electron chi connectivity index (χ3n) is 6.46. The van der Waals surface area contributed by atoms with Crippen LogP contribution in [-0.4, -0.2) is 35.1 Å². The van der Waals surface area contributed by atoms with Crippen LogP contribution in [0.25, 0.3) is 5.76 Å². The molecule has 1 saturated heterocycles. The highest BCUT2D eigenvalue weighted by molar-refractivity contribution is 7.93. The lowest BCUT2D eigenvalue weighted by Gasteiger charge is -2.23. The van der Waals surface area contributed by atoms with Gasteiger partial charge in [0, 0.05) is 17.7 Å². The van der Waals surface area contributed by atoms with Gasteiger partial charge in [-0.05, 0) is 31.5 Å². The second kappa shape index (κ2) is 10.1. The highest BCUT2D eigenvalue weighted by Crippen LogP contribution is 2.44. The van der Waals surface area contributed by atoms with E-state index in [4.69, 9.17) is 0 Å². The van der Waals surface area contributed by atoms with Crippen molar-refractivity contribution in [2.24, 2.45) is 0 Å². The molecule has 0 radical (unpaired) electrons. The van der Waals surface area contributed by atoms with Gasteiger partial charge in [0.1, 0.15) is 9.97 Å². The first-order valence-electron chi connectivity index (χ1n) is 11.9. The van der Waals surface area contributed by atoms with Gasteiger partial charge in [-0.2, -0.15) is 0 Å². The van der Waals surface area contributed by atoms with Gasteiger partial charge in [0.2, 0.25) is 9.84 Å². The molecule has 0 aliphatic carbocycles. The summed E-state index contributed by atoms with van der Waals surface area (Å²) in [7, 11) is -4.14. The summed E-state index contributed by atoms with van der Waals surface area (Å²) in [5.74, 6) is -2.26. The van der Waals surface area contributed by atoms with E-state index in [2.05, 4.69) is 4.98 Å². The Morgan fingerprint density at radius 1 is 0.950 bits per heavy atom. The molecule has 1 fully saturated rings. The van der Waals surface area contributed by atoms with Crippen LogP contribution in [0.5, 0.6) is 0 Å². The van der Waals surface area contributed by atoms with Crippen LogP contribution in [-0.2, 0) is 19.4 Å². The molecule has 1 amide bonds. The number of Topliss-reactive ketones (excluding diaryl/α,β-unsaturated/α-hetero) is 1. The predicted molar refractivity (Wildman–Crippen MR) is 148 cm³/mol. The maximum absolute atomic E-state index is 13.4. The summed E-state index contributed by atoms with van der Waals surface area (Å²) in [6, 6.07) is 17.2. The summed E-state index contributed by atoms with van der Waals surface area (Å²) in [5, 5.41) is 22.1. The number of sulfone groups is 1. The zero-order chi connectivity index (χ0) is 28.8. The van der Waals surface area contributed by atoms with Gasteiger partial charge in [-0.1, -0.05) is 71.0 Å². The number of aliphatic hydroxyl groups excluding tert-OH is 1. The van der Waals surface area contributed by atoms with Crippen LogP contribution in [0.1, 0.15) is 28.3 Å². The second-order valence-electron chi connectivity index (χ2n) is 9.16. The minimum atomic E-state index is -4.14. The Balaban J connectivity index is 1.62. The Hall–Kier alpha value is -4.68. The number of nitro groups is 1. The van der Waals surface area contributed by atoms with E-state index in [9.17, 15) is 33.2 Å². The first-order valence-corrected chi connectivity index (χ1v) is 14.2. The average molecular weight is 576 g/mol. The first-order chi connectivity index (χ1) is 19.0. The van der Waals surface area contributed by atoms with Crippen LogP contribution < -0.4 is 4.90 Å². The maximum atomic E-state index is 13.4. The Morgan fingerprint density at radius 3 is 2.10 bits per heavy atom. The number of rotatable bonds is 6. The first kappa shape index (κ1) is 26.9. The quantitative estimate of drug-likeness (QED) is 0.109. The van der Waals surface area contributed by atoms with Crippen LogP contribution in [0.4, 0.5) is 10.8 Å². The molecule has 0 spiro atoms. The zero-order valence-electron chi connectivity index (χ0n) is 21.1. The minimum absolute atomic E-state index is 0.0592. The van der Waals surface area contributed by atoms with Gasteiger partial charge in [0.25, 0.3) is 11.5 Å². The number of non-ortho nitro benzene ring substituents is 1. The number of aliphatic hydroxyl groups is 1. The molecule has 5 rings (SSSR count). The molecule has 1 aliphatic heterocycles. The van der Waals surface area contributed by atoms with Crippen molar-refractivity contribution in [3.63, 3.8) is 0 Å². The third kappa shape index (κ3) is 4.67. The van der Waals surface area contributed by atoms with E-state index >= 15 is 0 Å². The third-order valence-corrected chi connectivity index (χ3v) is 9.69. The van der Waals surface area contributed by atoms with E-state index in [0.717, 1.165) is 46.5 Å². The molecule has 1 aromatic heterocycles. The lowest BCUT2D eigenvalue weighted by atomic mass is 9.94. The van der Waals surface area contributed by atoms with E-state index in [0.29, 0.717) is 22.5 Å². The van der Waals surface area contributed by atoms with Crippen LogP contribution in [0.15, 0.2) is 93.7 Å². The highest BCUT2D eigenvalue weighted by Gasteiger charge is 2.48. The fraction of sp³-hybridized carbons (Fsp3) is 0.107. The molecule has 4 aromatic rings. The number of nitro benzene ring substituents is 1. The molecule has 202 valence electrons. The van der Waals surface area contributed by atoms with Crippen LogP contribution in [0, 0.1) is 24.0 Å². The number of anilines is 1. The number of carbonyl (C=O) groups is 2. The number of benzene rings is 3. The van der Waals surface area contributed by atoms with Crippen molar-refractivity contribution in [1.82, 2.24) is 4.98 Å². The van der Waals surface area contributed by atoms with E-state index in [1.54, 1.807) is 48.5 Å². The van der Waals surface area contributed by atoms with Crippen molar-refractivity contribution in [1.29, 1.82) is 0 Å². The van der Waals surface area contributed by atoms with Crippen LogP contribution in [0.3, 0.4) is 0 Å². The molecule has 1 aliphatic rings. The Kier molecular flexibility index (Phi) is 6.82. The van der Waals surface area contributed by atoms with Gasteiger partial charge in [-0.3, -0.25) is 24.6 Å². The van der Waals surface area contributed by atoms with Gasteiger partial charge < -0.3 is 5.11 Å². The molecule has 0 saturated carbocycles. The van der Waals surface area contributed by atoms with Crippen molar-refractivity contribution < 1.29 is 28.0 Å². The van der Waals surface area contributed by atoms with Crippen LogP contribution >= 0.6 is 11.3 Å². The number of aromatic nitrogens is 1. The van der Waals surface area contributed by atoms with Crippen molar-refractivity contribution in [2.75, 3.05) is 4.90 Å². The summed E-state index contributed by atoms with van der Waals surface area (Å²) in [5.41, 5.74) is 2.34. The number of nitrogens with zero attached hydrogens (tertiary/aromatic N) is 3. The number of carbonyl (C=O) groups excluding carboxylic acids is 2. The summed E-state index contributed by atoms with van der Waals surface area (Å²) in [4.78, 5) is 42.1. The lowest BCUT2D eigenvalue weighted by Crippen LogP contribution is -2.29. The standard InChI is InChI=1S/C28H21N3O7S2/c1-16-3-7-18(8-4-16)24-23(25(32)19-9-5-17(2)6-10-19)26(33)27(34)30(24)28-29-15-22(39-28)40(37,38)21-13-11-20(12-14-21)31(35)36/h3-15,24,32H,1-2H3/b25-23+. The van der Waals surface area contributed by atoms with Crippen molar-refractivity contribution >= 4 is 49.4 Å². The normalized spacial score (nSPS) is 16.9. The monoisotopic (exact) mass is 575 g/mol. The summed E-state index contributed by atoms with van der Waals surface area (Å²) >= 11 is 0.677. The number of ketones is 1. The molecular weight excluding hydrogens is 554 g/mol. The summed E-state index contributed by atoms with van der Waals surface area (Å²) in [6.45, 7) is 3.75. The van der Waals surface area contributed by atoms with Crippen molar-refractivity contribution in [3.8, 4) is 0 Å². The molecule has 12 heteroatoms. The van der Waals surface area contributed by atoms with Gasteiger partial charge in [-0.15, -0.1) is 0 Å². The van der Waals surface area contributed by atoms with Crippen LogP contribution in [0.2, 0.25) is 0 Å². The van der Waals surface area contributed by atoms with Gasteiger partial charge in [-0.25, -0.2) is 13.4 Å². The Bertz CT molecular complexity index is 1790. The minimum Gasteiger partial charge on any atom is -0.507 e. The number of aryl methyl sites for hydroxylation is 2. The Labute approximate surface area is 232 Å². The fourth-order valence-electron chi connectivity index (χ4n) is 4.31. The topological polar surface area (TPSA) is 148 Å². The Morgan fingerprint density at radius 2 is 1.52 bits per heavy atom. The molecule has 1 atom stereocenters. The molecule has 40 heavy (non-hydrogen) atoms. The molecule has 1 unspecified atom stereocenters. The average Bonchev–Trinajstić information content (AvgIpc) is 3.53. The summed E-state index contributed by atoms with van der Waals surface area (Å²) in [6.07, 6.45) is 1.07. The predicted octanol–water partition coefficient (Wildman–Crippen LogP) is 5.13.